The number of aliphatic imine (C=N–C) groups is 1. The van der Waals surface area contributed by atoms with Crippen LogP contribution in [0.15, 0.2) is 46.8 Å². The van der Waals surface area contributed by atoms with Crippen molar-refractivity contribution < 1.29 is 14.8 Å². The number of guanidine groups is 1. The van der Waals surface area contributed by atoms with Crippen LogP contribution in [0, 0.1) is 10.1 Å². The van der Waals surface area contributed by atoms with Crippen LogP contribution in [0.5, 0.6) is 5.75 Å². The second kappa shape index (κ2) is 11.6. The first-order valence-corrected chi connectivity index (χ1v) is 11.3. The molecule has 3 rings (SSSR count). The van der Waals surface area contributed by atoms with Crippen molar-refractivity contribution in [2.24, 2.45) is 4.99 Å². The molecule has 1 saturated heterocycles. The molecule has 1 atom stereocenters. The largest absolute Gasteiger partial charge is 0.491 e. The van der Waals surface area contributed by atoms with E-state index in [0.29, 0.717) is 5.75 Å². The number of non-ortho nitro benzene ring substituents is 1. The molecule has 1 aliphatic rings. The number of piperazine rings is 1. The zero-order chi connectivity index (χ0) is 22.1. The Kier molecular flexibility index (Phi) is 8.63. The third-order valence-corrected chi connectivity index (χ3v) is 5.77. The van der Waals surface area contributed by atoms with Crippen molar-refractivity contribution in [2.75, 3.05) is 45.9 Å². The zero-order valence-corrected chi connectivity index (χ0v) is 18.5. The minimum Gasteiger partial charge on any atom is -0.491 e. The molecular formula is C21H29N5O4S. The van der Waals surface area contributed by atoms with Crippen LogP contribution in [0.4, 0.5) is 5.69 Å². The van der Waals surface area contributed by atoms with Crippen molar-refractivity contribution in [3.8, 4) is 5.75 Å². The van der Waals surface area contributed by atoms with E-state index < -0.39 is 11.0 Å². The maximum absolute atomic E-state index is 10.7. The highest BCUT2D eigenvalue weighted by Crippen LogP contribution is 2.17. The number of aliphatic hydroxyl groups excluding tert-OH is 1. The summed E-state index contributed by atoms with van der Waals surface area (Å²) in [6.45, 7) is 7.74. The van der Waals surface area contributed by atoms with Crippen LogP contribution in [0.3, 0.4) is 0 Å². The number of nitrogens with zero attached hydrogens (tertiary/aromatic N) is 4. The Morgan fingerprint density at radius 1 is 1.29 bits per heavy atom. The van der Waals surface area contributed by atoms with Crippen molar-refractivity contribution in [1.82, 2.24) is 15.1 Å². The summed E-state index contributed by atoms with van der Waals surface area (Å²) < 4.78 is 5.52. The number of benzene rings is 1. The highest BCUT2D eigenvalue weighted by molar-refractivity contribution is 7.09. The summed E-state index contributed by atoms with van der Waals surface area (Å²) in [6, 6.07) is 10.1. The van der Waals surface area contributed by atoms with Crippen LogP contribution in [0.2, 0.25) is 0 Å². The quantitative estimate of drug-likeness (QED) is 0.263. The fourth-order valence-corrected chi connectivity index (χ4v) is 4.01. The van der Waals surface area contributed by atoms with Gasteiger partial charge in [-0.05, 0) is 30.5 Å². The van der Waals surface area contributed by atoms with Gasteiger partial charge < -0.3 is 20.1 Å². The van der Waals surface area contributed by atoms with Crippen LogP contribution < -0.4 is 10.1 Å². The van der Waals surface area contributed by atoms with E-state index in [1.54, 1.807) is 11.3 Å². The lowest BCUT2D eigenvalue weighted by Gasteiger charge is -2.36. The summed E-state index contributed by atoms with van der Waals surface area (Å²) in [4.78, 5) is 20.9. The van der Waals surface area contributed by atoms with Crippen molar-refractivity contribution in [1.29, 1.82) is 0 Å². The zero-order valence-electron chi connectivity index (χ0n) is 17.6. The average Bonchev–Trinajstić information content (AvgIpc) is 3.29. The second-order valence-corrected chi connectivity index (χ2v) is 8.29. The fourth-order valence-electron chi connectivity index (χ4n) is 3.27. The molecule has 0 aliphatic carbocycles. The predicted octanol–water partition coefficient (Wildman–Crippen LogP) is 2.18. The number of nitrogens with one attached hydrogen (secondary N) is 1. The molecule has 1 aliphatic heterocycles. The number of rotatable bonds is 9. The lowest BCUT2D eigenvalue weighted by molar-refractivity contribution is -0.384. The molecule has 1 unspecified atom stereocenters. The Bertz CT molecular complexity index is 836. The van der Waals surface area contributed by atoms with Crippen LogP contribution in [0.1, 0.15) is 11.8 Å². The SMILES string of the molecule is CCNC(=NCC(O)COc1ccc([N+](=O)[O-])cc1)N1CCN(Cc2cccs2)CC1. The normalized spacial score (nSPS) is 16.2. The van der Waals surface area contributed by atoms with Gasteiger partial charge in [-0.15, -0.1) is 11.3 Å². The van der Waals surface area contributed by atoms with E-state index in [-0.39, 0.29) is 18.8 Å². The van der Waals surface area contributed by atoms with Crippen LogP contribution in [-0.2, 0) is 6.54 Å². The summed E-state index contributed by atoms with van der Waals surface area (Å²) in [5.41, 5.74) is 0.00302. The topological polar surface area (TPSA) is 103 Å². The monoisotopic (exact) mass is 447 g/mol. The first-order valence-electron chi connectivity index (χ1n) is 10.4. The van der Waals surface area contributed by atoms with Crippen molar-refractivity contribution in [3.63, 3.8) is 0 Å². The summed E-state index contributed by atoms with van der Waals surface area (Å²) >= 11 is 1.79. The summed E-state index contributed by atoms with van der Waals surface area (Å²) in [7, 11) is 0. The number of hydrogen-bond acceptors (Lipinski definition) is 7. The van der Waals surface area contributed by atoms with E-state index in [2.05, 4.69) is 37.6 Å². The minimum absolute atomic E-state index is 0.00302. The van der Waals surface area contributed by atoms with Gasteiger partial charge >= 0.3 is 0 Å². The Morgan fingerprint density at radius 2 is 2.03 bits per heavy atom. The lowest BCUT2D eigenvalue weighted by atomic mass is 10.3. The number of ether oxygens (including phenoxy) is 1. The fraction of sp³-hybridized carbons (Fsp3) is 0.476. The molecule has 0 saturated carbocycles. The molecule has 0 spiro atoms. The molecule has 10 heteroatoms. The van der Waals surface area contributed by atoms with Gasteiger partial charge in [0.2, 0.25) is 0 Å². The molecule has 9 nitrogen and oxygen atoms in total. The van der Waals surface area contributed by atoms with Crippen molar-refractivity contribution in [3.05, 3.63) is 56.8 Å². The third kappa shape index (κ3) is 7.20. The Morgan fingerprint density at radius 3 is 2.65 bits per heavy atom. The predicted molar refractivity (Wildman–Crippen MR) is 122 cm³/mol. The number of aliphatic hydroxyl groups is 1. The van der Waals surface area contributed by atoms with E-state index in [1.807, 2.05) is 6.92 Å². The van der Waals surface area contributed by atoms with Gasteiger partial charge in [-0.3, -0.25) is 20.0 Å². The molecule has 2 aromatic rings. The van der Waals surface area contributed by atoms with Gasteiger partial charge in [0.15, 0.2) is 5.96 Å². The molecule has 2 heterocycles. The van der Waals surface area contributed by atoms with Gasteiger partial charge in [0.05, 0.1) is 11.5 Å². The highest BCUT2D eigenvalue weighted by Gasteiger charge is 2.20. The van der Waals surface area contributed by atoms with E-state index in [4.69, 9.17) is 4.74 Å². The van der Waals surface area contributed by atoms with Crippen LogP contribution >= 0.6 is 11.3 Å². The molecule has 31 heavy (non-hydrogen) atoms. The molecule has 0 bridgehead atoms. The smallest absolute Gasteiger partial charge is 0.269 e. The van der Waals surface area contributed by atoms with Crippen LogP contribution in [0.25, 0.3) is 0 Å². The molecule has 0 amide bonds. The molecule has 1 fully saturated rings. The van der Waals surface area contributed by atoms with E-state index >= 15 is 0 Å². The first-order chi connectivity index (χ1) is 15.0. The first kappa shape index (κ1) is 23.0. The second-order valence-electron chi connectivity index (χ2n) is 7.25. The van der Waals surface area contributed by atoms with Gasteiger partial charge in [-0.1, -0.05) is 6.07 Å². The van der Waals surface area contributed by atoms with E-state index in [1.165, 1.54) is 29.1 Å². The standard InChI is InChI=1S/C21H29N5O4S/c1-2-22-21(25-11-9-24(10-12-25)15-20-4-3-13-31-20)23-14-18(27)16-30-19-7-5-17(6-8-19)26(28)29/h3-8,13,18,27H,2,9-12,14-16H2,1H3,(H,22,23). The van der Waals surface area contributed by atoms with E-state index in [0.717, 1.165) is 45.2 Å². The maximum atomic E-state index is 10.7. The molecule has 2 N–H and O–H groups in total. The van der Waals surface area contributed by atoms with Gasteiger partial charge in [0, 0.05) is 56.3 Å². The summed E-state index contributed by atoms with van der Waals surface area (Å²) in [5.74, 6) is 1.27. The molecular weight excluding hydrogens is 418 g/mol. The minimum atomic E-state index is -0.774. The Balaban J connectivity index is 1.45. The van der Waals surface area contributed by atoms with Gasteiger partial charge in [0.25, 0.3) is 5.69 Å². The molecule has 1 aromatic carbocycles. The highest BCUT2D eigenvalue weighted by atomic mass is 32.1. The Hall–Kier alpha value is -2.69. The third-order valence-electron chi connectivity index (χ3n) is 4.91. The van der Waals surface area contributed by atoms with Crippen molar-refractivity contribution in [2.45, 2.75) is 19.6 Å². The summed E-state index contributed by atoms with van der Waals surface area (Å²) in [5, 5.41) is 26.4. The molecule has 1 aromatic heterocycles. The van der Waals surface area contributed by atoms with Crippen molar-refractivity contribution >= 4 is 23.0 Å². The average molecular weight is 448 g/mol. The van der Waals surface area contributed by atoms with E-state index in [9.17, 15) is 15.2 Å². The van der Waals surface area contributed by atoms with Gasteiger partial charge in [-0.25, -0.2) is 0 Å². The number of hydrogen-bond donors (Lipinski definition) is 2. The lowest BCUT2D eigenvalue weighted by Crippen LogP contribution is -2.52. The number of nitro benzene ring substituents is 1. The molecule has 0 radical (unpaired) electrons. The maximum Gasteiger partial charge on any atom is 0.269 e. The summed E-state index contributed by atoms with van der Waals surface area (Å²) in [6.07, 6.45) is -0.774. The Labute approximate surface area is 186 Å². The van der Waals surface area contributed by atoms with Crippen LogP contribution in [-0.4, -0.2) is 77.8 Å². The molecule has 168 valence electrons. The van der Waals surface area contributed by atoms with Gasteiger partial charge in [-0.2, -0.15) is 0 Å². The number of thiophene rings is 1. The van der Waals surface area contributed by atoms with Gasteiger partial charge in [0.1, 0.15) is 18.5 Å². The number of nitro groups is 1.